The average molecular weight is 313 g/mol. The fourth-order valence-corrected chi connectivity index (χ4v) is 3.64. The molecule has 98 valence electrons. The van der Waals surface area contributed by atoms with Crippen molar-refractivity contribution in [1.82, 2.24) is 4.90 Å². The van der Waals surface area contributed by atoms with Crippen LogP contribution in [0.15, 0.2) is 16.6 Å². The molecule has 0 bridgehead atoms. The highest BCUT2D eigenvalue weighted by molar-refractivity contribution is 9.10. The number of hydrogen-bond donors (Lipinski definition) is 0. The van der Waals surface area contributed by atoms with Gasteiger partial charge in [0.25, 0.3) is 0 Å². The Kier molecular flexibility index (Phi) is 3.32. The van der Waals surface area contributed by atoms with Crippen LogP contribution >= 0.6 is 15.9 Å². The number of piperazine rings is 1. The zero-order chi connectivity index (χ0) is 12.7. The first-order valence-electron chi connectivity index (χ1n) is 6.60. The molecule has 3 rings (SSSR count). The summed E-state index contributed by atoms with van der Waals surface area (Å²) < 4.78 is 14.3. The predicted octanol–water partition coefficient (Wildman–Crippen LogP) is 3.18. The molecule has 1 atom stereocenters. The molecule has 2 nitrogen and oxygen atoms in total. The molecule has 2 fully saturated rings. The minimum absolute atomic E-state index is 0.163. The van der Waals surface area contributed by atoms with Crippen molar-refractivity contribution in [2.75, 3.05) is 31.1 Å². The topological polar surface area (TPSA) is 6.48 Å². The van der Waals surface area contributed by atoms with E-state index < -0.39 is 0 Å². The molecule has 1 aromatic rings. The first kappa shape index (κ1) is 12.4. The van der Waals surface area contributed by atoms with Crippen molar-refractivity contribution >= 4 is 21.6 Å². The molecule has 4 heteroatoms. The van der Waals surface area contributed by atoms with E-state index in [9.17, 15) is 4.39 Å². The van der Waals surface area contributed by atoms with Crippen LogP contribution < -0.4 is 4.90 Å². The van der Waals surface area contributed by atoms with Crippen LogP contribution in [-0.4, -0.2) is 37.1 Å². The lowest BCUT2D eigenvalue weighted by Gasteiger charge is -2.39. The summed E-state index contributed by atoms with van der Waals surface area (Å²) in [6.45, 7) is 6.47. The van der Waals surface area contributed by atoms with Crippen LogP contribution in [0.3, 0.4) is 0 Å². The molecular weight excluding hydrogens is 295 g/mol. The highest BCUT2D eigenvalue weighted by Crippen LogP contribution is 2.30. The van der Waals surface area contributed by atoms with Gasteiger partial charge in [-0.2, -0.15) is 0 Å². The van der Waals surface area contributed by atoms with Crippen LogP contribution in [0.2, 0.25) is 0 Å². The number of halogens is 2. The van der Waals surface area contributed by atoms with E-state index in [1.165, 1.54) is 19.4 Å². The Morgan fingerprint density at radius 3 is 2.94 bits per heavy atom. The number of anilines is 1. The van der Waals surface area contributed by atoms with Gasteiger partial charge in [0.15, 0.2) is 0 Å². The van der Waals surface area contributed by atoms with Crippen LogP contribution in [0.5, 0.6) is 0 Å². The molecule has 18 heavy (non-hydrogen) atoms. The van der Waals surface area contributed by atoms with E-state index in [4.69, 9.17) is 0 Å². The smallest absolute Gasteiger partial charge is 0.139 e. The van der Waals surface area contributed by atoms with Crippen molar-refractivity contribution in [3.05, 3.63) is 28.0 Å². The highest BCUT2D eigenvalue weighted by atomic mass is 79.9. The molecule has 0 aliphatic carbocycles. The number of aryl methyl sites for hydroxylation is 1. The minimum atomic E-state index is -0.163. The first-order chi connectivity index (χ1) is 8.65. The van der Waals surface area contributed by atoms with Crippen molar-refractivity contribution < 1.29 is 4.39 Å². The van der Waals surface area contributed by atoms with E-state index in [2.05, 4.69) is 32.7 Å². The maximum atomic E-state index is 13.7. The Bertz CT molecular complexity index is 463. The van der Waals surface area contributed by atoms with Crippen LogP contribution in [0.4, 0.5) is 10.1 Å². The fraction of sp³-hybridized carbons (Fsp3) is 0.571. The molecule has 0 saturated carbocycles. The maximum absolute atomic E-state index is 13.7. The summed E-state index contributed by atoms with van der Waals surface area (Å²) in [6.07, 6.45) is 2.60. The number of nitrogens with zero attached hydrogens (tertiary/aromatic N) is 2. The zero-order valence-corrected chi connectivity index (χ0v) is 12.2. The predicted molar refractivity (Wildman–Crippen MR) is 75.6 cm³/mol. The van der Waals surface area contributed by atoms with Crippen molar-refractivity contribution in [1.29, 1.82) is 0 Å². The quantitative estimate of drug-likeness (QED) is 0.786. The van der Waals surface area contributed by atoms with E-state index in [1.807, 2.05) is 6.07 Å². The lowest BCUT2D eigenvalue weighted by atomic mass is 10.1. The molecular formula is C14H18BrFN2. The lowest BCUT2D eigenvalue weighted by Crippen LogP contribution is -2.50. The third-order valence-electron chi connectivity index (χ3n) is 4.17. The summed E-state index contributed by atoms with van der Waals surface area (Å²) in [5.41, 5.74) is 2.21. The fourth-order valence-electron chi connectivity index (χ4n) is 3.19. The second kappa shape index (κ2) is 4.82. The van der Waals surface area contributed by atoms with Crippen molar-refractivity contribution in [2.45, 2.75) is 25.8 Å². The summed E-state index contributed by atoms with van der Waals surface area (Å²) >= 11 is 3.25. The molecule has 0 N–H and O–H groups in total. The molecule has 2 aliphatic heterocycles. The van der Waals surface area contributed by atoms with Gasteiger partial charge in [0.2, 0.25) is 0 Å². The highest BCUT2D eigenvalue weighted by Gasteiger charge is 2.31. The van der Waals surface area contributed by atoms with E-state index in [-0.39, 0.29) is 5.82 Å². The first-order valence-corrected chi connectivity index (χ1v) is 7.39. The maximum Gasteiger partial charge on any atom is 0.139 e. The van der Waals surface area contributed by atoms with Gasteiger partial charge >= 0.3 is 0 Å². The van der Waals surface area contributed by atoms with Gasteiger partial charge in [-0.25, -0.2) is 4.39 Å². The molecule has 0 aromatic heterocycles. The van der Waals surface area contributed by atoms with E-state index in [0.29, 0.717) is 10.5 Å². The monoisotopic (exact) mass is 312 g/mol. The second-order valence-electron chi connectivity index (χ2n) is 5.33. The molecule has 0 spiro atoms. The van der Waals surface area contributed by atoms with Gasteiger partial charge in [0.1, 0.15) is 5.82 Å². The van der Waals surface area contributed by atoms with Gasteiger partial charge < -0.3 is 4.90 Å². The number of rotatable bonds is 1. The van der Waals surface area contributed by atoms with Gasteiger partial charge in [-0.1, -0.05) is 0 Å². The Hall–Kier alpha value is -0.610. The van der Waals surface area contributed by atoms with Crippen LogP contribution in [0, 0.1) is 12.7 Å². The molecule has 1 aromatic carbocycles. The van der Waals surface area contributed by atoms with Gasteiger partial charge in [0.05, 0.1) is 4.47 Å². The number of fused-ring (bicyclic) bond motifs is 1. The lowest BCUT2D eigenvalue weighted by molar-refractivity contribution is 0.231. The van der Waals surface area contributed by atoms with Crippen molar-refractivity contribution in [3.8, 4) is 0 Å². The van der Waals surface area contributed by atoms with Crippen LogP contribution in [0.25, 0.3) is 0 Å². The average Bonchev–Trinajstić information content (AvgIpc) is 2.80. The Balaban J connectivity index is 1.84. The van der Waals surface area contributed by atoms with Crippen LogP contribution in [-0.2, 0) is 0 Å². The Labute approximate surface area is 116 Å². The standard InChI is InChI=1S/C14H18BrFN2/c1-10-7-12(15)13(16)8-14(10)18-6-5-17-4-2-3-11(17)9-18/h7-8,11H,2-6,9H2,1H3. The van der Waals surface area contributed by atoms with Gasteiger partial charge in [-0.05, 0) is 59.9 Å². The third kappa shape index (κ3) is 2.16. The van der Waals surface area contributed by atoms with E-state index >= 15 is 0 Å². The van der Waals surface area contributed by atoms with Gasteiger partial charge in [-0.15, -0.1) is 0 Å². The van der Waals surface area contributed by atoms with Crippen molar-refractivity contribution in [2.24, 2.45) is 0 Å². The normalized spacial score (nSPS) is 24.4. The largest absolute Gasteiger partial charge is 0.368 e. The molecule has 1 unspecified atom stereocenters. The van der Waals surface area contributed by atoms with E-state index in [1.54, 1.807) is 6.07 Å². The van der Waals surface area contributed by atoms with E-state index in [0.717, 1.165) is 30.9 Å². The van der Waals surface area contributed by atoms with Gasteiger partial charge in [0, 0.05) is 31.4 Å². The number of hydrogen-bond acceptors (Lipinski definition) is 2. The summed E-state index contributed by atoms with van der Waals surface area (Å²) in [6, 6.07) is 4.22. The Morgan fingerprint density at radius 1 is 1.28 bits per heavy atom. The zero-order valence-electron chi connectivity index (χ0n) is 10.6. The minimum Gasteiger partial charge on any atom is -0.368 e. The van der Waals surface area contributed by atoms with Crippen LogP contribution in [0.1, 0.15) is 18.4 Å². The SMILES string of the molecule is Cc1cc(Br)c(F)cc1N1CCN2CCCC2C1. The molecule has 2 aliphatic rings. The third-order valence-corrected chi connectivity index (χ3v) is 4.77. The summed E-state index contributed by atoms with van der Waals surface area (Å²) in [5.74, 6) is -0.163. The second-order valence-corrected chi connectivity index (χ2v) is 6.19. The molecule has 0 radical (unpaired) electrons. The molecule has 0 amide bonds. The summed E-state index contributed by atoms with van der Waals surface area (Å²) in [5, 5.41) is 0. The Morgan fingerprint density at radius 2 is 2.11 bits per heavy atom. The molecule has 2 saturated heterocycles. The summed E-state index contributed by atoms with van der Waals surface area (Å²) in [7, 11) is 0. The van der Waals surface area contributed by atoms with Gasteiger partial charge in [-0.3, -0.25) is 4.90 Å². The molecule has 2 heterocycles. The van der Waals surface area contributed by atoms with Crippen molar-refractivity contribution in [3.63, 3.8) is 0 Å². The summed E-state index contributed by atoms with van der Waals surface area (Å²) in [4.78, 5) is 4.92. The number of benzene rings is 1.